The maximum absolute atomic E-state index is 13.6. The van der Waals surface area contributed by atoms with Crippen LogP contribution in [0.3, 0.4) is 0 Å². The first-order chi connectivity index (χ1) is 14.2. The minimum absolute atomic E-state index is 0.121. The van der Waals surface area contributed by atoms with Crippen LogP contribution in [0.25, 0.3) is 5.69 Å². The molecule has 2 aromatic carbocycles. The van der Waals surface area contributed by atoms with E-state index in [1.54, 1.807) is 35.9 Å². The van der Waals surface area contributed by atoms with Gasteiger partial charge in [0.1, 0.15) is 6.04 Å². The number of halogens is 3. The molecule has 156 valence electrons. The number of amides is 2. The lowest BCUT2D eigenvalue weighted by atomic mass is 10.0. The van der Waals surface area contributed by atoms with Crippen LogP contribution in [0.1, 0.15) is 33.4 Å². The number of nitrogens with zero attached hydrogens (tertiary/aromatic N) is 2. The van der Waals surface area contributed by atoms with Gasteiger partial charge in [0.2, 0.25) is 5.91 Å². The van der Waals surface area contributed by atoms with Gasteiger partial charge in [-0.05, 0) is 55.8 Å². The zero-order chi connectivity index (χ0) is 22.0. The first-order valence-electron chi connectivity index (χ1n) is 9.02. The minimum atomic E-state index is -1.19. The molecule has 2 N–H and O–H groups in total. The number of nitrogens with one attached hydrogen (secondary N) is 2. The molecule has 0 fully saturated rings. The average molecular weight is 433 g/mol. The molecule has 0 aliphatic rings. The van der Waals surface area contributed by atoms with Crippen LogP contribution < -0.4 is 10.6 Å². The molecule has 0 saturated heterocycles. The van der Waals surface area contributed by atoms with Gasteiger partial charge in [-0.1, -0.05) is 17.7 Å². The summed E-state index contributed by atoms with van der Waals surface area (Å²) in [7, 11) is 1.38. The highest BCUT2D eigenvalue weighted by atomic mass is 35.5. The van der Waals surface area contributed by atoms with Crippen molar-refractivity contribution in [3.63, 3.8) is 0 Å². The SMILES string of the molecule is CNC(=O)C(NC(=O)c1ccc(-n2nc(C)c(Cl)c2C)cc1)c1ccc(F)c(F)c1. The molecule has 1 unspecified atom stereocenters. The maximum atomic E-state index is 13.6. The number of carbonyl (C=O) groups is 2. The van der Waals surface area contributed by atoms with Gasteiger partial charge in [-0.2, -0.15) is 5.10 Å². The molecule has 1 heterocycles. The standard InChI is InChI=1S/C21H19ClF2N4O2/c1-11-18(22)12(2)28(27-11)15-7-4-13(5-8-15)20(29)26-19(21(30)25-3)14-6-9-16(23)17(24)10-14/h4-10,19H,1-3H3,(H,25,30)(H,26,29). The van der Waals surface area contributed by atoms with E-state index in [-0.39, 0.29) is 11.1 Å². The molecular formula is C21H19ClF2N4O2. The van der Waals surface area contributed by atoms with Crippen molar-refractivity contribution in [2.45, 2.75) is 19.9 Å². The van der Waals surface area contributed by atoms with Crippen LogP contribution in [0.15, 0.2) is 42.5 Å². The Kier molecular flexibility index (Phi) is 6.17. The zero-order valence-corrected chi connectivity index (χ0v) is 17.2. The van der Waals surface area contributed by atoms with Crippen LogP contribution in [-0.2, 0) is 4.79 Å². The van der Waals surface area contributed by atoms with Gasteiger partial charge in [-0.15, -0.1) is 0 Å². The lowest BCUT2D eigenvalue weighted by Gasteiger charge is -2.18. The number of aryl methyl sites for hydroxylation is 1. The number of benzene rings is 2. The summed E-state index contributed by atoms with van der Waals surface area (Å²) in [5.41, 5.74) is 2.57. The summed E-state index contributed by atoms with van der Waals surface area (Å²) in [6.07, 6.45) is 0. The summed E-state index contributed by atoms with van der Waals surface area (Å²) in [6, 6.07) is 8.36. The van der Waals surface area contributed by atoms with Crippen LogP contribution in [0, 0.1) is 25.5 Å². The molecule has 3 rings (SSSR count). The van der Waals surface area contributed by atoms with Crippen molar-refractivity contribution >= 4 is 23.4 Å². The Morgan fingerprint density at radius 2 is 1.73 bits per heavy atom. The van der Waals surface area contributed by atoms with E-state index in [9.17, 15) is 18.4 Å². The van der Waals surface area contributed by atoms with Crippen molar-refractivity contribution in [1.29, 1.82) is 0 Å². The molecule has 9 heteroatoms. The van der Waals surface area contributed by atoms with Crippen molar-refractivity contribution in [3.8, 4) is 5.69 Å². The van der Waals surface area contributed by atoms with Crippen LogP contribution in [0.4, 0.5) is 8.78 Å². The van der Waals surface area contributed by atoms with Crippen LogP contribution in [-0.4, -0.2) is 28.6 Å². The van der Waals surface area contributed by atoms with E-state index in [1.807, 2.05) is 6.92 Å². The smallest absolute Gasteiger partial charge is 0.252 e. The van der Waals surface area contributed by atoms with Crippen molar-refractivity contribution in [2.75, 3.05) is 7.05 Å². The van der Waals surface area contributed by atoms with Crippen molar-refractivity contribution in [1.82, 2.24) is 20.4 Å². The Balaban J connectivity index is 1.84. The largest absolute Gasteiger partial charge is 0.357 e. The Hall–Kier alpha value is -3.26. The van der Waals surface area contributed by atoms with Crippen LogP contribution >= 0.6 is 11.6 Å². The molecule has 0 spiro atoms. The fourth-order valence-corrected chi connectivity index (χ4v) is 3.10. The molecule has 0 bridgehead atoms. The number of rotatable bonds is 5. The molecule has 2 amide bonds. The highest BCUT2D eigenvalue weighted by molar-refractivity contribution is 6.31. The predicted octanol–water partition coefficient (Wildman–Crippen LogP) is 3.64. The lowest BCUT2D eigenvalue weighted by molar-refractivity contribution is -0.122. The Labute approximate surface area is 176 Å². The summed E-state index contributed by atoms with van der Waals surface area (Å²) in [6.45, 7) is 3.63. The van der Waals surface area contributed by atoms with Gasteiger partial charge in [-0.3, -0.25) is 9.59 Å². The van der Waals surface area contributed by atoms with E-state index >= 15 is 0 Å². The second-order valence-corrected chi connectivity index (χ2v) is 7.02. The molecule has 1 aromatic heterocycles. The van der Waals surface area contributed by atoms with Gasteiger partial charge in [-0.25, -0.2) is 13.5 Å². The van der Waals surface area contributed by atoms with Crippen molar-refractivity contribution < 1.29 is 18.4 Å². The van der Waals surface area contributed by atoms with Gasteiger partial charge in [0.25, 0.3) is 5.91 Å². The summed E-state index contributed by atoms with van der Waals surface area (Å²) in [4.78, 5) is 24.9. The summed E-state index contributed by atoms with van der Waals surface area (Å²) in [5.74, 6) is -3.27. The number of hydrogen-bond acceptors (Lipinski definition) is 3. The monoisotopic (exact) mass is 432 g/mol. The molecular weight excluding hydrogens is 414 g/mol. The molecule has 0 aliphatic heterocycles. The van der Waals surface area contributed by atoms with E-state index in [1.165, 1.54) is 13.1 Å². The third kappa shape index (κ3) is 4.18. The Morgan fingerprint density at radius 1 is 1.07 bits per heavy atom. The van der Waals surface area contributed by atoms with Gasteiger partial charge in [0, 0.05) is 12.6 Å². The van der Waals surface area contributed by atoms with Crippen molar-refractivity contribution in [2.24, 2.45) is 0 Å². The normalized spacial score (nSPS) is 11.8. The first kappa shape index (κ1) is 21.4. The number of hydrogen-bond donors (Lipinski definition) is 2. The van der Waals surface area contributed by atoms with Crippen LogP contribution in [0.5, 0.6) is 0 Å². The van der Waals surface area contributed by atoms with Gasteiger partial charge < -0.3 is 10.6 Å². The Bertz CT molecular complexity index is 1110. The molecule has 6 nitrogen and oxygen atoms in total. The van der Waals surface area contributed by atoms with E-state index < -0.39 is 29.5 Å². The number of likely N-dealkylation sites (N-methyl/N-ethyl adjacent to an activating group) is 1. The highest BCUT2D eigenvalue weighted by Gasteiger charge is 2.23. The van der Waals surface area contributed by atoms with Gasteiger partial charge >= 0.3 is 0 Å². The maximum Gasteiger partial charge on any atom is 0.252 e. The van der Waals surface area contributed by atoms with E-state index in [4.69, 9.17) is 11.6 Å². The lowest BCUT2D eigenvalue weighted by Crippen LogP contribution is -2.39. The summed E-state index contributed by atoms with van der Waals surface area (Å²) < 4.78 is 28.5. The first-order valence-corrected chi connectivity index (χ1v) is 9.40. The third-order valence-corrected chi connectivity index (χ3v) is 5.19. The van der Waals surface area contributed by atoms with Crippen LogP contribution in [0.2, 0.25) is 5.02 Å². The molecule has 0 aliphatic carbocycles. The molecule has 0 radical (unpaired) electrons. The molecule has 1 atom stereocenters. The summed E-state index contributed by atoms with van der Waals surface area (Å²) >= 11 is 6.17. The van der Waals surface area contributed by atoms with Gasteiger partial charge in [0.05, 0.1) is 22.1 Å². The molecule has 3 aromatic rings. The second-order valence-electron chi connectivity index (χ2n) is 6.64. The fourth-order valence-electron chi connectivity index (χ4n) is 2.98. The van der Waals surface area contributed by atoms with Crippen molar-refractivity contribution in [3.05, 3.63) is 81.6 Å². The van der Waals surface area contributed by atoms with E-state index in [0.29, 0.717) is 16.4 Å². The fraction of sp³-hybridized carbons (Fsp3) is 0.190. The second kappa shape index (κ2) is 8.62. The third-order valence-electron chi connectivity index (χ3n) is 4.64. The quantitative estimate of drug-likeness (QED) is 0.646. The molecule has 30 heavy (non-hydrogen) atoms. The highest BCUT2D eigenvalue weighted by Crippen LogP contribution is 2.23. The topological polar surface area (TPSA) is 76.0 Å². The Morgan fingerprint density at radius 3 is 2.27 bits per heavy atom. The van der Waals surface area contributed by atoms with E-state index in [2.05, 4.69) is 15.7 Å². The summed E-state index contributed by atoms with van der Waals surface area (Å²) in [5, 5.41) is 9.88. The minimum Gasteiger partial charge on any atom is -0.357 e. The zero-order valence-electron chi connectivity index (χ0n) is 16.5. The number of aromatic nitrogens is 2. The molecule has 0 saturated carbocycles. The number of carbonyl (C=O) groups excluding carboxylic acids is 2. The average Bonchev–Trinajstić information content (AvgIpc) is 3.00. The predicted molar refractivity (Wildman–Crippen MR) is 109 cm³/mol. The van der Waals surface area contributed by atoms with Gasteiger partial charge in [0.15, 0.2) is 11.6 Å². The van der Waals surface area contributed by atoms with E-state index in [0.717, 1.165) is 17.8 Å².